The number of hydrogen-bond donors (Lipinski definition) is 1. The van der Waals surface area contributed by atoms with E-state index in [2.05, 4.69) is 10.5 Å². The maximum atomic E-state index is 10.2. The number of rotatable bonds is 3. The van der Waals surface area contributed by atoms with Gasteiger partial charge in [0.25, 0.3) is 0 Å². The molecule has 1 aromatic rings. The van der Waals surface area contributed by atoms with E-state index in [1.54, 1.807) is 12.1 Å². The number of nitrogens with one attached hydrogen (secondary N) is 1. The van der Waals surface area contributed by atoms with Crippen LogP contribution in [0.1, 0.15) is 0 Å². The summed E-state index contributed by atoms with van der Waals surface area (Å²) in [6.07, 6.45) is 0.552. The molecule has 12 heavy (non-hydrogen) atoms. The Morgan fingerprint density at radius 3 is 2.83 bits per heavy atom. The Labute approximate surface area is 82.5 Å². The lowest BCUT2D eigenvalue weighted by molar-refractivity contribution is -0.105. The fourth-order valence-electron chi connectivity index (χ4n) is 0.740. The maximum Gasteiger partial charge on any atom is 0.211 e. The molecule has 1 rings (SSSR count). The SMILES string of the molecule is O=CNc1ccc(I)c(N=O)c1. The summed E-state index contributed by atoms with van der Waals surface area (Å²) < 4.78 is 0.763. The van der Waals surface area contributed by atoms with Crippen LogP contribution in [0.25, 0.3) is 0 Å². The number of hydrogen-bond acceptors (Lipinski definition) is 3. The number of carbonyl (C=O) groups excluding carboxylic acids is 1. The predicted octanol–water partition coefficient (Wildman–Crippen LogP) is 2.26. The van der Waals surface area contributed by atoms with Gasteiger partial charge >= 0.3 is 0 Å². The molecule has 0 aromatic heterocycles. The molecule has 1 aromatic carbocycles. The highest BCUT2D eigenvalue weighted by Gasteiger charge is 2.00. The first-order chi connectivity index (χ1) is 5.77. The molecule has 0 fully saturated rings. The van der Waals surface area contributed by atoms with Crippen molar-refractivity contribution in [3.63, 3.8) is 0 Å². The van der Waals surface area contributed by atoms with Gasteiger partial charge in [0.05, 0.1) is 0 Å². The first-order valence-electron chi connectivity index (χ1n) is 3.11. The van der Waals surface area contributed by atoms with Crippen molar-refractivity contribution in [2.24, 2.45) is 5.18 Å². The van der Waals surface area contributed by atoms with Gasteiger partial charge in [0.1, 0.15) is 5.69 Å². The monoisotopic (exact) mass is 276 g/mol. The van der Waals surface area contributed by atoms with Crippen molar-refractivity contribution in [2.75, 3.05) is 5.32 Å². The minimum atomic E-state index is 0.336. The van der Waals surface area contributed by atoms with Gasteiger partial charge in [0.15, 0.2) is 0 Å². The zero-order chi connectivity index (χ0) is 8.97. The average Bonchev–Trinajstić information content (AvgIpc) is 2.09. The molecule has 5 heteroatoms. The van der Waals surface area contributed by atoms with Gasteiger partial charge in [-0.15, -0.1) is 4.91 Å². The summed E-state index contributed by atoms with van der Waals surface area (Å²) in [6.45, 7) is 0. The average molecular weight is 276 g/mol. The summed E-state index contributed by atoms with van der Waals surface area (Å²) >= 11 is 2.00. The van der Waals surface area contributed by atoms with E-state index in [0.29, 0.717) is 17.8 Å². The molecule has 62 valence electrons. The van der Waals surface area contributed by atoms with Crippen LogP contribution >= 0.6 is 22.6 Å². The second-order valence-corrected chi connectivity index (χ2v) is 3.18. The first kappa shape index (κ1) is 9.11. The Morgan fingerprint density at radius 2 is 2.25 bits per heavy atom. The van der Waals surface area contributed by atoms with Crippen LogP contribution in [-0.4, -0.2) is 6.41 Å². The van der Waals surface area contributed by atoms with Crippen LogP contribution in [0.15, 0.2) is 23.4 Å². The van der Waals surface area contributed by atoms with Crippen molar-refractivity contribution < 1.29 is 4.79 Å². The topological polar surface area (TPSA) is 58.5 Å². The van der Waals surface area contributed by atoms with Gasteiger partial charge < -0.3 is 5.32 Å². The lowest BCUT2D eigenvalue weighted by Crippen LogP contribution is -1.92. The van der Waals surface area contributed by atoms with Crippen LogP contribution in [0.4, 0.5) is 11.4 Å². The van der Waals surface area contributed by atoms with Gasteiger partial charge in [-0.25, -0.2) is 0 Å². The van der Waals surface area contributed by atoms with Crippen molar-refractivity contribution in [3.8, 4) is 0 Å². The molecule has 4 nitrogen and oxygen atoms in total. The molecule has 1 N–H and O–H groups in total. The molecule has 0 unspecified atom stereocenters. The molecule has 0 saturated carbocycles. The molecule has 0 aliphatic heterocycles. The van der Waals surface area contributed by atoms with Gasteiger partial charge in [-0.3, -0.25) is 4.79 Å². The molecule has 0 aliphatic rings. The summed E-state index contributed by atoms with van der Waals surface area (Å²) in [7, 11) is 0. The van der Waals surface area contributed by atoms with Crippen molar-refractivity contribution >= 4 is 40.4 Å². The minimum Gasteiger partial charge on any atom is -0.329 e. The summed E-state index contributed by atoms with van der Waals surface area (Å²) in [4.78, 5) is 20.2. The number of nitrogens with zero attached hydrogens (tertiary/aromatic N) is 1. The van der Waals surface area contributed by atoms with Crippen LogP contribution < -0.4 is 5.32 Å². The van der Waals surface area contributed by atoms with Gasteiger partial charge in [0, 0.05) is 9.26 Å². The highest BCUT2D eigenvalue weighted by Crippen LogP contribution is 2.24. The molecule has 0 aliphatic carbocycles. The van der Waals surface area contributed by atoms with Gasteiger partial charge in [-0.1, -0.05) is 0 Å². The highest BCUT2D eigenvalue weighted by atomic mass is 127. The van der Waals surface area contributed by atoms with Crippen molar-refractivity contribution in [3.05, 3.63) is 26.7 Å². The van der Waals surface area contributed by atoms with Crippen LogP contribution in [0, 0.1) is 8.48 Å². The summed E-state index contributed by atoms with van der Waals surface area (Å²) in [5.41, 5.74) is 0.905. The maximum absolute atomic E-state index is 10.2. The Balaban J connectivity index is 3.04. The third kappa shape index (κ3) is 2.00. The molecule has 0 atom stereocenters. The summed E-state index contributed by atoms with van der Waals surface area (Å²) in [5, 5.41) is 5.23. The fourth-order valence-corrected chi connectivity index (χ4v) is 1.17. The second-order valence-electron chi connectivity index (χ2n) is 2.02. The number of anilines is 1. The predicted molar refractivity (Wildman–Crippen MR) is 54.3 cm³/mol. The van der Waals surface area contributed by atoms with E-state index in [1.165, 1.54) is 6.07 Å². The van der Waals surface area contributed by atoms with E-state index >= 15 is 0 Å². The van der Waals surface area contributed by atoms with Crippen LogP contribution in [0.5, 0.6) is 0 Å². The molecular formula is C7H5IN2O2. The van der Waals surface area contributed by atoms with Gasteiger partial charge in [-0.05, 0) is 46.0 Å². The smallest absolute Gasteiger partial charge is 0.211 e. The zero-order valence-corrected chi connectivity index (χ0v) is 8.11. The largest absolute Gasteiger partial charge is 0.329 e. The first-order valence-corrected chi connectivity index (χ1v) is 4.19. The standard InChI is InChI=1S/C7H5IN2O2/c8-6-2-1-5(9-4-11)3-7(6)10-12/h1-4H,(H,9,11). The number of amides is 1. The van der Waals surface area contributed by atoms with E-state index in [-0.39, 0.29) is 0 Å². The minimum absolute atomic E-state index is 0.336. The molecule has 0 radical (unpaired) electrons. The quantitative estimate of drug-likeness (QED) is 0.523. The Kier molecular flexibility index (Phi) is 3.15. The van der Waals surface area contributed by atoms with Crippen molar-refractivity contribution in [1.82, 2.24) is 0 Å². The molecule has 0 spiro atoms. The van der Waals surface area contributed by atoms with E-state index in [0.717, 1.165) is 3.57 Å². The molecule has 1 amide bonds. The number of nitroso groups, excluding NO2 is 1. The highest BCUT2D eigenvalue weighted by molar-refractivity contribution is 14.1. The lowest BCUT2D eigenvalue weighted by Gasteiger charge is -1.99. The zero-order valence-electron chi connectivity index (χ0n) is 5.95. The van der Waals surface area contributed by atoms with Crippen LogP contribution in [0.2, 0.25) is 0 Å². The third-order valence-electron chi connectivity index (χ3n) is 1.27. The van der Waals surface area contributed by atoms with Crippen LogP contribution in [0.3, 0.4) is 0 Å². The fraction of sp³-hybridized carbons (Fsp3) is 0. The molecule has 0 bridgehead atoms. The second kappa shape index (κ2) is 4.15. The lowest BCUT2D eigenvalue weighted by atomic mass is 10.3. The molecular weight excluding hydrogens is 271 g/mol. The van der Waals surface area contributed by atoms with E-state index in [9.17, 15) is 9.70 Å². The van der Waals surface area contributed by atoms with Crippen molar-refractivity contribution in [2.45, 2.75) is 0 Å². The molecule has 0 heterocycles. The van der Waals surface area contributed by atoms with E-state index in [4.69, 9.17) is 0 Å². The number of carbonyl (C=O) groups is 1. The Hall–Kier alpha value is -0.980. The Morgan fingerprint density at radius 1 is 1.50 bits per heavy atom. The number of benzene rings is 1. The molecule has 0 saturated heterocycles. The summed E-state index contributed by atoms with van der Waals surface area (Å²) in [5.74, 6) is 0. The van der Waals surface area contributed by atoms with E-state index in [1.807, 2.05) is 22.6 Å². The van der Waals surface area contributed by atoms with Crippen molar-refractivity contribution in [1.29, 1.82) is 0 Å². The number of halogens is 1. The summed E-state index contributed by atoms with van der Waals surface area (Å²) in [6, 6.07) is 4.93. The van der Waals surface area contributed by atoms with E-state index < -0.39 is 0 Å². The van der Waals surface area contributed by atoms with Gasteiger partial charge in [0.2, 0.25) is 6.41 Å². The Bertz CT molecular complexity index is 314. The normalized spacial score (nSPS) is 9.08. The third-order valence-corrected chi connectivity index (χ3v) is 2.18. The van der Waals surface area contributed by atoms with Crippen LogP contribution in [-0.2, 0) is 4.79 Å². The van der Waals surface area contributed by atoms with Gasteiger partial charge in [-0.2, -0.15) is 0 Å².